The first-order chi connectivity index (χ1) is 13.9. The molecule has 0 saturated heterocycles. The van der Waals surface area contributed by atoms with Crippen molar-refractivity contribution in [3.63, 3.8) is 0 Å². The highest BCUT2D eigenvalue weighted by Crippen LogP contribution is 2.62. The molecule has 2 fully saturated rings. The second-order valence-corrected chi connectivity index (χ2v) is 9.94. The molecule has 3 heteroatoms. The van der Waals surface area contributed by atoms with E-state index in [0.29, 0.717) is 30.0 Å². The fraction of sp³-hybridized carbons (Fsp3) is 0.538. The van der Waals surface area contributed by atoms with Crippen LogP contribution in [0.3, 0.4) is 0 Å². The molecule has 3 nitrogen and oxygen atoms in total. The molecule has 29 heavy (non-hydrogen) atoms. The Morgan fingerprint density at radius 1 is 0.966 bits per heavy atom. The molecule has 0 bridgehead atoms. The van der Waals surface area contributed by atoms with Gasteiger partial charge in [-0.25, -0.2) is 0 Å². The maximum absolute atomic E-state index is 13.0. The first-order valence-corrected chi connectivity index (χ1v) is 11.2. The molecule has 0 radical (unpaired) electrons. The van der Waals surface area contributed by atoms with Gasteiger partial charge in [-0.2, -0.15) is 0 Å². The molecule has 0 spiro atoms. The zero-order valence-corrected chi connectivity index (χ0v) is 17.8. The molecular formula is C26H31NO2. The van der Waals surface area contributed by atoms with Gasteiger partial charge in [-0.15, -0.1) is 0 Å². The average molecular weight is 390 g/mol. The summed E-state index contributed by atoms with van der Waals surface area (Å²) in [5.41, 5.74) is 6.67. The van der Waals surface area contributed by atoms with E-state index < -0.39 is 0 Å². The fourth-order valence-electron chi connectivity index (χ4n) is 6.74. The third-order valence-electron chi connectivity index (χ3n) is 8.26. The Hall–Kier alpha value is -2.16. The fourth-order valence-corrected chi connectivity index (χ4v) is 6.74. The van der Waals surface area contributed by atoms with Crippen molar-refractivity contribution in [3.8, 4) is 0 Å². The van der Waals surface area contributed by atoms with E-state index >= 15 is 0 Å². The van der Waals surface area contributed by atoms with Gasteiger partial charge in [0.05, 0.1) is 0 Å². The first kappa shape index (κ1) is 18.8. The zero-order valence-electron chi connectivity index (χ0n) is 17.8. The van der Waals surface area contributed by atoms with E-state index in [2.05, 4.69) is 50.2 Å². The van der Waals surface area contributed by atoms with Crippen molar-refractivity contribution in [2.75, 3.05) is 19.0 Å². The van der Waals surface area contributed by atoms with Crippen LogP contribution in [0.2, 0.25) is 0 Å². The highest BCUT2D eigenvalue weighted by molar-refractivity contribution is 5.93. The Morgan fingerprint density at radius 2 is 1.72 bits per heavy atom. The molecule has 0 N–H and O–H groups in total. The minimum Gasteiger partial charge on any atom is -0.378 e. The molecule has 152 valence electrons. The number of anilines is 1. The summed E-state index contributed by atoms with van der Waals surface area (Å²) in [5.74, 6) is 2.03. The van der Waals surface area contributed by atoms with Gasteiger partial charge in [0.1, 0.15) is 5.78 Å². The van der Waals surface area contributed by atoms with E-state index in [1.165, 1.54) is 22.4 Å². The Morgan fingerprint density at radius 3 is 2.45 bits per heavy atom. The van der Waals surface area contributed by atoms with E-state index in [4.69, 9.17) is 0 Å². The summed E-state index contributed by atoms with van der Waals surface area (Å²) in [6, 6.07) is 8.92. The summed E-state index contributed by atoms with van der Waals surface area (Å²) in [6.45, 7) is 2.24. The second-order valence-electron chi connectivity index (χ2n) is 9.94. The number of hydrogen-bond acceptors (Lipinski definition) is 3. The Balaban J connectivity index is 1.65. The van der Waals surface area contributed by atoms with Gasteiger partial charge in [0.15, 0.2) is 5.78 Å². The number of benzene rings is 1. The average Bonchev–Trinajstić information content (AvgIpc) is 3.01. The maximum atomic E-state index is 13.0. The Bertz CT molecular complexity index is 936. The number of rotatable bonds is 2. The summed E-state index contributed by atoms with van der Waals surface area (Å²) >= 11 is 0. The highest BCUT2D eigenvalue weighted by Gasteiger charge is 2.56. The van der Waals surface area contributed by atoms with E-state index in [9.17, 15) is 9.59 Å². The molecule has 0 heterocycles. The van der Waals surface area contributed by atoms with E-state index in [0.717, 1.165) is 38.5 Å². The van der Waals surface area contributed by atoms with Gasteiger partial charge >= 0.3 is 0 Å². The van der Waals surface area contributed by atoms with Crippen LogP contribution in [-0.4, -0.2) is 25.7 Å². The number of carbonyl (C=O) groups is 2. The first-order valence-electron chi connectivity index (χ1n) is 11.2. The van der Waals surface area contributed by atoms with Crippen molar-refractivity contribution >= 4 is 17.3 Å². The van der Waals surface area contributed by atoms with Crippen molar-refractivity contribution in [1.82, 2.24) is 0 Å². The number of Topliss-reactive ketones (excluding diaryl/α,β-unsaturated/α-hetero) is 1. The number of nitrogens with zero attached hydrogens (tertiary/aromatic N) is 1. The molecule has 4 aliphatic rings. The van der Waals surface area contributed by atoms with E-state index in [-0.39, 0.29) is 11.2 Å². The van der Waals surface area contributed by atoms with Crippen molar-refractivity contribution < 1.29 is 9.59 Å². The summed E-state index contributed by atoms with van der Waals surface area (Å²) in [5, 5.41) is 0. The van der Waals surface area contributed by atoms with Crippen LogP contribution in [-0.2, 0) is 9.59 Å². The van der Waals surface area contributed by atoms with Crippen LogP contribution in [0.25, 0.3) is 0 Å². The topological polar surface area (TPSA) is 37.4 Å². The van der Waals surface area contributed by atoms with Crippen LogP contribution in [0.1, 0.15) is 63.4 Å². The maximum Gasteiger partial charge on any atom is 0.156 e. The van der Waals surface area contributed by atoms with Gasteiger partial charge in [-0.05, 0) is 78.9 Å². The minimum atomic E-state index is -0.189. The normalized spacial score (nSPS) is 33.8. The van der Waals surface area contributed by atoms with Crippen LogP contribution >= 0.6 is 0 Å². The quantitative estimate of drug-likeness (QED) is 0.696. The molecule has 2 saturated carbocycles. The van der Waals surface area contributed by atoms with Crippen molar-refractivity contribution in [2.24, 2.45) is 17.3 Å². The molecular weight excluding hydrogens is 358 g/mol. The molecule has 0 unspecified atom stereocenters. The van der Waals surface area contributed by atoms with E-state index in [1.54, 1.807) is 5.57 Å². The lowest BCUT2D eigenvalue weighted by Crippen LogP contribution is -2.43. The zero-order chi connectivity index (χ0) is 20.3. The molecule has 5 rings (SSSR count). The lowest BCUT2D eigenvalue weighted by Gasteiger charge is -2.50. The van der Waals surface area contributed by atoms with E-state index in [1.807, 2.05) is 6.08 Å². The van der Waals surface area contributed by atoms with Crippen LogP contribution in [0.5, 0.6) is 0 Å². The summed E-state index contributed by atoms with van der Waals surface area (Å²) in [7, 11) is 4.13. The monoisotopic (exact) mass is 389 g/mol. The molecule has 1 aromatic carbocycles. The van der Waals surface area contributed by atoms with Gasteiger partial charge in [0.25, 0.3) is 0 Å². The van der Waals surface area contributed by atoms with Crippen molar-refractivity contribution in [1.29, 1.82) is 0 Å². The second kappa shape index (κ2) is 6.68. The van der Waals surface area contributed by atoms with Gasteiger partial charge < -0.3 is 4.90 Å². The molecule has 4 atom stereocenters. The lowest BCUT2D eigenvalue weighted by atomic mass is 9.53. The van der Waals surface area contributed by atoms with Crippen LogP contribution in [0, 0.1) is 17.3 Å². The van der Waals surface area contributed by atoms with Crippen LogP contribution in [0.4, 0.5) is 5.69 Å². The number of carbonyl (C=O) groups excluding carboxylic acids is 2. The number of ketones is 2. The minimum absolute atomic E-state index is 0.189. The van der Waals surface area contributed by atoms with Crippen molar-refractivity contribution in [3.05, 3.63) is 52.6 Å². The third kappa shape index (κ3) is 2.85. The predicted molar refractivity (Wildman–Crippen MR) is 116 cm³/mol. The van der Waals surface area contributed by atoms with Crippen molar-refractivity contribution in [2.45, 2.75) is 57.8 Å². The van der Waals surface area contributed by atoms with Gasteiger partial charge in [-0.3, -0.25) is 9.59 Å². The molecule has 0 aliphatic heterocycles. The van der Waals surface area contributed by atoms with Crippen LogP contribution in [0.15, 0.2) is 47.1 Å². The molecule has 1 aromatic rings. The summed E-state index contributed by atoms with van der Waals surface area (Å²) in [4.78, 5) is 27.2. The Kier molecular flexibility index (Phi) is 4.34. The number of allylic oxidation sites excluding steroid dienone is 4. The largest absolute Gasteiger partial charge is 0.378 e. The predicted octanol–water partition coefficient (Wildman–Crippen LogP) is 5.22. The SMILES string of the molecule is CN(C)c1ccc([C@H]2C[C@]3(C)C(=O)CC[C@H]3[C@@H]3CCC4=CC(=O)CCC4=C32)cc1. The highest BCUT2D eigenvalue weighted by atomic mass is 16.1. The smallest absolute Gasteiger partial charge is 0.156 e. The summed E-state index contributed by atoms with van der Waals surface area (Å²) in [6.07, 6.45) is 8.26. The standard InChI is InChI=1S/C26H31NO2/c1-26-15-22(16-4-7-18(8-5-16)27(2)3)25-20-11-9-19(28)14-17(20)6-10-21(25)23(26)12-13-24(26)29/h4-5,7-8,14,21-23H,6,9-13,15H2,1-3H3/t21-,22+,23-,26-/m0/s1. The number of fused-ring (bicyclic) bond motifs is 4. The number of hydrogen-bond donors (Lipinski definition) is 0. The van der Waals surface area contributed by atoms with Gasteiger partial charge in [0.2, 0.25) is 0 Å². The van der Waals surface area contributed by atoms with Gasteiger partial charge in [-0.1, -0.05) is 24.6 Å². The molecule has 4 aliphatic carbocycles. The molecule has 0 amide bonds. The van der Waals surface area contributed by atoms with Crippen LogP contribution < -0.4 is 4.90 Å². The Labute approximate surface area is 173 Å². The molecule has 0 aromatic heterocycles. The third-order valence-corrected chi connectivity index (χ3v) is 8.26. The summed E-state index contributed by atoms with van der Waals surface area (Å²) < 4.78 is 0. The van der Waals surface area contributed by atoms with Gasteiger partial charge in [0, 0.05) is 44.0 Å². The lowest BCUT2D eigenvalue weighted by molar-refractivity contribution is -0.128.